The average molecular weight is 384 g/mol. The van der Waals surface area contributed by atoms with Crippen molar-refractivity contribution in [2.75, 3.05) is 10.6 Å². The molecule has 1 aromatic heterocycles. The number of benzene rings is 2. The first-order valence-electron chi connectivity index (χ1n) is 7.21. The normalized spacial score (nSPS) is 10.2. The molecule has 0 amide bonds. The molecule has 0 saturated carbocycles. The van der Waals surface area contributed by atoms with E-state index in [0.717, 1.165) is 15.8 Å². The number of para-hydroxylation sites is 1. The van der Waals surface area contributed by atoms with E-state index < -0.39 is 0 Å². The van der Waals surface area contributed by atoms with E-state index >= 15 is 0 Å². The summed E-state index contributed by atoms with van der Waals surface area (Å²) in [5.41, 5.74) is 2.23. The van der Waals surface area contributed by atoms with Gasteiger partial charge in [0, 0.05) is 15.7 Å². The molecule has 1 heterocycles. The van der Waals surface area contributed by atoms with E-state index in [1.165, 1.54) is 13.1 Å². The number of carbonyl (C=O) groups is 1. The highest BCUT2D eigenvalue weighted by Gasteiger charge is 2.05. The Morgan fingerprint density at radius 1 is 1.08 bits per heavy atom. The van der Waals surface area contributed by atoms with Crippen molar-refractivity contribution in [1.82, 2.24) is 15.2 Å². The topological polar surface area (TPSA) is 79.8 Å². The second-order valence-electron chi connectivity index (χ2n) is 5.03. The number of ketones is 1. The molecule has 2 N–H and O–H groups in total. The molecule has 3 aromatic rings. The van der Waals surface area contributed by atoms with Crippen molar-refractivity contribution in [1.29, 1.82) is 0 Å². The Balaban J connectivity index is 1.79. The number of anilines is 4. The fraction of sp³-hybridized carbons (Fsp3) is 0.0588. The lowest BCUT2D eigenvalue weighted by Gasteiger charge is -2.09. The third kappa shape index (κ3) is 3.94. The van der Waals surface area contributed by atoms with Gasteiger partial charge >= 0.3 is 0 Å². The number of rotatable bonds is 5. The van der Waals surface area contributed by atoms with Crippen molar-refractivity contribution in [3.05, 3.63) is 64.8 Å². The third-order valence-electron chi connectivity index (χ3n) is 3.22. The molecule has 3 rings (SSSR count). The van der Waals surface area contributed by atoms with E-state index in [1.807, 2.05) is 36.4 Å². The molecule has 0 saturated heterocycles. The third-order valence-corrected chi connectivity index (χ3v) is 3.91. The Hall–Kier alpha value is -2.80. The molecule has 0 atom stereocenters. The van der Waals surface area contributed by atoms with Gasteiger partial charge in [0.2, 0.25) is 5.95 Å². The Morgan fingerprint density at radius 2 is 1.92 bits per heavy atom. The number of hydrogen-bond acceptors (Lipinski definition) is 6. The molecule has 0 aliphatic heterocycles. The number of nitrogens with one attached hydrogen (secondary N) is 2. The fourth-order valence-electron chi connectivity index (χ4n) is 2.06. The van der Waals surface area contributed by atoms with E-state index in [-0.39, 0.29) is 5.78 Å². The molecule has 24 heavy (non-hydrogen) atoms. The lowest BCUT2D eigenvalue weighted by Crippen LogP contribution is -2.03. The summed E-state index contributed by atoms with van der Waals surface area (Å²) >= 11 is 3.46. The minimum atomic E-state index is 0.00995. The molecule has 0 radical (unpaired) electrons. The molecule has 0 unspecified atom stereocenters. The summed E-state index contributed by atoms with van der Waals surface area (Å²) in [6.07, 6.45) is 1.52. The van der Waals surface area contributed by atoms with Crippen LogP contribution >= 0.6 is 15.9 Å². The standard InChI is InChI=1S/C17H14BrN5O/c1-11(24)12-5-4-6-13(9-12)20-16-10-19-23-17(22-16)21-15-8-3-2-7-14(15)18/h2-10H,1H3,(H2,20,21,22,23). The zero-order chi connectivity index (χ0) is 16.9. The van der Waals surface area contributed by atoms with Crippen LogP contribution < -0.4 is 10.6 Å². The summed E-state index contributed by atoms with van der Waals surface area (Å²) in [5.74, 6) is 0.908. The largest absolute Gasteiger partial charge is 0.339 e. The highest BCUT2D eigenvalue weighted by Crippen LogP contribution is 2.24. The summed E-state index contributed by atoms with van der Waals surface area (Å²) in [6.45, 7) is 1.53. The molecule has 0 bridgehead atoms. The SMILES string of the molecule is CC(=O)c1cccc(Nc2cnnc(Nc3ccccc3Br)n2)c1. The second-order valence-corrected chi connectivity index (χ2v) is 5.89. The van der Waals surface area contributed by atoms with Gasteiger partial charge < -0.3 is 10.6 Å². The Bertz CT molecular complexity index is 884. The van der Waals surface area contributed by atoms with Crippen LogP contribution in [-0.2, 0) is 0 Å². The molecule has 0 spiro atoms. The van der Waals surface area contributed by atoms with E-state index in [2.05, 4.69) is 41.7 Å². The molecule has 0 aliphatic rings. The average Bonchev–Trinajstić information content (AvgIpc) is 2.57. The minimum absolute atomic E-state index is 0.00995. The molecule has 6 nitrogen and oxygen atoms in total. The van der Waals surface area contributed by atoms with E-state index in [9.17, 15) is 4.79 Å². The van der Waals surface area contributed by atoms with Crippen molar-refractivity contribution in [2.45, 2.75) is 6.92 Å². The van der Waals surface area contributed by atoms with Gasteiger partial charge in [0.15, 0.2) is 11.6 Å². The zero-order valence-corrected chi connectivity index (χ0v) is 14.4. The summed E-state index contributed by atoms with van der Waals surface area (Å²) in [4.78, 5) is 15.8. The first kappa shape index (κ1) is 16.1. The molecular formula is C17H14BrN5O. The van der Waals surface area contributed by atoms with Gasteiger partial charge in [-0.2, -0.15) is 10.1 Å². The maximum Gasteiger partial charge on any atom is 0.249 e. The Labute approximate surface area is 147 Å². The van der Waals surface area contributed by atoms with Crippen molar-refractivity contribution in [3.63, 3.8) is 0 Å². The van der Waals surface area contributed by atoms with Crippen LogP contribution in [0.25, 0.3) is 0 Å². The van der Waals surface area contributed by atoms with Crippen LogP contribution in [0.2, 0.25) is 0 Å². The van der Waals surface area contributed by atoms with Crippen LogP contribution in [0.4, 0.5) is 23.1 Å². The van der Waals surface area contributed by atoms with E-state index in [1.54, 1.807) is 12.1 Å². The lowest BCUT2D eigenvalue weighted by molar-refractivity contribution is 0.101. The van der Waals surface area contributed by atoms with Crippen molar-refractivity contribution < 1.29 is 4.79 Å². The highest BCUT2D eigenvalue weighted by molar-refractivity contribution is 9.10. The number of Topliss-reactive ketones (excluding diaryl/α,β-unsaturated/α-hetero) is 1. The predicted octanol–water partition coefficient (Wildman–Crippen LogP) is 4.32. The lowest BCUT2D eigenvalue weighted by atomic mass is 10.1. The Morgan fingerprint density at radius 3 is 2.71 bits per heavy atom. The van der Waals surface area contributed by atoms with Gasteiger partial charge in [-0.3, -0.25) is 4.79 Å². The summed E-state index contributed by atoms with van der Waals surface area (Å²) in [5, 5.41) is 14.1. The fourth-order valence-corrected chi connectivity index (χ4v) is 2.45. The summed E-state index contributed by atoms with van der Waals surface area (Å²) in [6, 6.07) is 14.9. The first-order chi connectivity index (χ1) is 11.6. The maximum absolute atomic E-state index is 11.5. The van der Waals surface area contributed by atoms with Crippen molar-refractivity contribution >= 4 is 44.9 Å². The summed E-state index contributed by atoms with van der Waals surface area (Å²) < 4.78 is 0.904. The van der Waals surface area contributed by atoms with Gasteiger partial charge in [-0.1, -0.05) is 24.3 Å². The van der Waals surface area contributed by atoms with Gasteiger partial charge in [-0.25, -0.2) is 0 Å². The smallest absolute Gasteiger partial charge is 0.249 e. The van der Waals surface area contributed by atoms with Crippen LogP contribution in [-0.4, -0.2) is 21.0 Å². The quantitative estimate of drug-likeness (QED) is 0.638. The van der Waals surface area contributed by atoms with Crippen LogP contribution in [0.5, 0.6) is 0 Å². The first-order valence-corrected chi connectivity index (χ1v) is 8.00. The number of aromatic nitrogens is 3. The molecule has 2 aromatic carbocycles. The predicted molar refractivity (Wildman–Crippen MR) is 97.0 cm³/mol. The molecule has 7 heteroatoms. The Kier molecular flexibility index (Phi) is 4.81. The maximum atomic E-state index is 11.5. The second kappa shape index (κ2) is 7.18. The molecule has 0 aliphatic carbocycles. The number of halogens is 1. The van der Waals surface area contributed by atoms with Gasteiger partial charge in [-0.15, -0.1) is 5.10 Å². The zero-order valence-electron chi connectivity index (χ0n) is 12.8. The summed E-state index contributed by atoms with van der Waals surface area (Å²) in [7, 11) is 0. The van der Waals surface area contributed by atoms with Gasteiger partial charge in [-0.05, 0) is 47.1 Å². The number of nitrogens with zero attached hydrogens (tertiary/aromatic N) is 3. The van der Waals surface area contributed by atoms with Crippen LogP contribution in [0, 0.1) is 0 Å². The van der Waals surface area contributed by atoms with Gasteiger partial charge in [0.1, 0.15) is 0 Å². The van der Waals surface area contributed by atoms with Gasteiger partial charge in [0.05, 0.1) is 11.9 Å². The van der Waals surface area contributed by atoms with E-state index in [4.69, 9.17) is 0 Å². The molecule has 120 valence electrons. The number of carbonyl (C=O) groups excluding carboxylic acids is 1. The molecule has 0 fully saturated rings. The van der Waals surface area contributed by atoms with Gasteiger partial charge in [0.25, 0.3) is 0 Å². The minimum Gasteiger partial charge on any atom is -0.339 e. The van der Waals surface area contributed by atoms with Crippen LogP contribution in [0.15, 0.2) is 59.2 Å². The number of hydrogen-bond donors (Lipinski definition) is 2. The van der Waals surface area contributed by atoms with Crippen molar-refractivity contribution in [2.24, 2.45) is 0 Å². The van der Waals surface area contributed by atoms with Crippen molar-refractivity contribution in [3.8, 4) is 0 Å². The van der Waals surface area contributed by atoms with E-state index in [0.29, 0.717) is 17.3 Å². The van der Waals surface area contributed by atoms with Crippen LogP contribution in [0.1, 0.15) is 17.3 Å². The monoisotopic (exact) mass is 383 g/mol. The highest BCUT2D eigenvalue weighted by atomic mass is 79.9. The van der Waals surface area contributed by atoms with Crippen LogP contribution in [0.3, 0.4) is 0 Å². The molecular weight excluding hydrogens is 370 g/mol.